The summed E-state index contributed by atoms with van der Waals surface area (Å²) in [4.78, 5) is 0. The first-order valence-electron chi connectivity index (χ1n) is 8.60. The van der Waals surface area contributed by atoms with Crippen LogP contribution in [-0.2, 0) is 0 Å². The molecule has 0 nitrogen and oxygen atoms in total. The third-order valence-electron chi connectivity index (χ3n) is 4.19. The summed E-state index contributed by atoms with van der Waals surface area (Å²) in [7, 11) is 0. The van der Waals surface area contributed by atoms with Crippen LogP contribution in [0.2, 0.25) is 0 Å². The van der Waals surface area contributed by atoms with Crippen LogP contribution in [0.15, 0.2) is 72.8 Å². The van der Waals surface area contributed by atoms with E-state index < -0.39 is 6.00 Å². The van der Waals surface area contributed by atoms with Gasteiger partial charge in [0.1, 0.15) is 0 Å². The second-order valence-electron chi connectivity index (χ2n) is 6.36. The molecule has 0 saturated heterocycles. The minimum absolute atomic E-state index is 0.800. The molecule has 0 heterocycles. The third-order valence-corrected chi connectivity index (χ3v) is 7.14. The first-order valence-corrected chi connectivity index (χ1v) is 13.6. The first kappa shape index (κ1) is 20.0. The Morgan fingerprint density at radius 3 is 1.15 bits per heavy atom. The van der Waals surface area contributed by atoms with E-state index in [0.29, 0.717) is 0 Å². The highest BCUT2D eigenvalue weighted by atomic mass is 35.8. The Bertz CT molecular complexity index is 933. The topological polar surface area (TPSA) is 0 Å². The lowest BCUT2D eigenvalue weighted by atomic mass is 10.1. The molecule has 136 valence electrons. The zero-order chi connectivity index (χ0) is 19.3. The molecule has 0 atom stereocenters. The molecule has 0 N–H and O–H groups in total. The van der Waals surface area contributed by atoms with Crippen LogP contribution >= 0.6 is 33.2 Å². The molecule has 0 aliphatic heterocycles. The molecule has 27 heavy (non-hydrogen) atoms. The SMILES string of the molecule is Cc1ccc(C=Cc2ccc(C=Cc3ccc([Si](Cl)(Cl)Cl)cc3)cc2)cc1. The van der Waals surface area contributed by atoms with Gasteiger partial charge in [0, 0.05) is 0 Å². The predicted molar refractivity (Wildman–Crippen MR) is 125 cm³/mol. The fraction of sp³-hybridized carbons (Fsp3) is 0.0435. The van der Waals surface area contributed by atoms with Gasteiger partial charge in [-0.25, -0.2) is 0 Å². The van der Waals surface area contributed by atoms with E-state index in [2.05, 4.69) is 79.8 Å². The van der Waals surface area contributed by atoms with Crippen molar-refractivity contribution in [1.29, 1.82) is 0 Å². The molecule has 0 unspecified atom stereocenters. The van der Waals surface area contributed by atoms with Gasteiger partial charge in [0.15, 0.2) is 0 Å². The number of aryl methyl sites for hydroxylation is 1. The van der Waals surface area contributed by atoms with Gasteiger partial charge < -0.3 is 0 Å². The molecule has 0 bridgehead atoms. The van der Waals surface area contributed by atoms with E-state index in [1.807, 2.05) is 24.3 Å². The van der Waals surface area contributed by atoms with E-state index in [4.69, 9.17) is 33.2 Å². The van der Waals surface area contributed by atoms with Crippen LogP contribution in [0.1, 0.15) is 27.8 Å². The summed E-state index contributed by atoms with van der Waals surface area (Å²) in [6, 6.07) is 21.8. The summed E-state index contributed by atoms with van der Waals surface area (Å²) in [5.41, 5.74) is 5.86. The molecule has 0 aromatic heterocycles. The Balaban J connectivity index is 1.65. The van der Waals surface area contributed by atoms with Gasteiger partial charge in [0.25, 0.3) is 0 Å². The maximum atomic E-state index is 6.02. The zero-order valence-corrected chi connectivity index (χ0v) is 18.1. The van der Waals surface area contributed by atoms with E-state index in [0.717, 1.165) is 16.3 Å². The molecule has 0 amide bonds. The highest BCUT2D eigenvalue weighted by molar-refractivity contribution is 7.69. The second kappa shape index (κ2) is 8.94. The normalized spacial score (nSPS) is 12.1. The van der Waals surface area contributed by atoms with Gasteiger partial charge in [-0.05, 0) is 34.4 Å². The van der Waals surface area contributed by atoms with E-state index >= 15 is 0 Å². The summed E-state index contributed by atoms with van der Waals surface area (Å²) in [5, 5.41) is 0.800. The minimum atomic E-state index is -2.80. The van der Waals surface area contributed by atoms with Crippen LogP contribution in [0.25, 0.3) is 24.3 Å². The van der Waals surface area contributed by atoms with Gasteiger partial charge >= 0.3 is 6.00 Å². The van der Waals surface area contributed by atoms with Crippen LogP contribution in [-0.4, -0.2) is 6.00 Å². The number of benzene rings is 3. The second-order valence-corrected chi connectivity index (χ2v) is 14.8. The predicted octanol–water partition coefficient (Wildman–Crippen LogP) is 7.20. The van der Waals surface area contributed by atoms with Crippen molar-refractivity contribution >= 4 is 68.7 Å². The average molecular weight is 430 g/mol. The molecule has 0 fully saturated rings. The molecule has 0 spiro atoms. The Morgan fingerprint density at radius 2 is 0.815 bits per heavy atom. The molecular formula is C23H19Cl3Si. The van der Waals surface area contributed by atoms with Gasteiger partial charge in [-0.15, -0.1) is 33.2 Å². The molecule has 0 aliphatic rings. The van der Waals surface area contributed by atoms with Crippen LogP contribution in [0.4, 0.5) is 0 Å². The maximum absolute atomic E-state index is 6.02. The van der Waals surface area contributed by atoms with E-state index in [1.54, 1.807) is 0 Å². The third kappa shape index (κ3) is 6.12. The number of rotatable bonds is 5. The lowest BCUT2D eigenvalue weighted by Crippen LogP contribution is -2.29. The highest BCUT2D eigenvalue weighted by Crippen LogP contribution is 2.20. The highest BCUT2D eigenvalue weighted by Gasteiger charge is 2.27. The van der Waals surface area contributed by atoms with Crippen molar-refractivity contribution in [1.82, 2.24) is 0 Å². The number of halogens is 3. The van der Waals surface area contributed by atoms with Crippen molar-refractivity contribution in [2.45, 2.75) is 6.92 Å². The van der Waals surface area contributed by atoms with Crippen LogP contribution < -0.4 is 5.19 Å². The summed E-state index contributed by atoms with van der Waals surface area (Å²) in [5.74, 6) is 0. The van der Waals surface area contributed by atoms with E-state index in [-0.39, 0.29) is 0 Å². The molecule has 3 rings (SSSR count). The summed E-state index contributed by atoms with van der Waals surface area (Å²) < 4.78 is 0. The van der Waals surface area contributed by atoms with Crippen molar-refractivity contribution in [3.05, 3.63) is 101 Å². The Morgan fingerprint density at radius 1 is 0.519 bits per heavy atom. The van der Waals surface area contributed by atoms with Crippen LogP contribution in [0, 0.1) is 6.92 Å². The molecule has 0 radical (unpaired) electrons. The van der Waals surface area contributed by atoms with Gasteiger partial charge in [0.05, 0.1) is 0 Å². The van der Waals surface area contributed by atoms with Crippen LogP contribution in [0.5, 0.6) is 0 Å². The van der Waals surface area contributed by atoms with Crippen LogP contribution in [0.3, 0.4) is 0 Å². The largest absolute Gasteiger partial charge is 0.372 e. The number of hydrogen-bond acceptors (Lipinski definition) is 0. The molecular weight excluding hydrogens is 411 g/mol. The van der Waals surface area contributed by atoms with Gasteiger partial charge in [0.2, 0.25) is 0 Å². The molecule has 0 saturated carbocycles. The monoisotopic (exact) mass is 428 g/mol. The lowest BCUT2D eigenvalue weighted by molar-refractivity contribution is 1.46. The number of hydrogen-bond donors (Lipinski definition) is 0. The Hall–Kier alpha value is -1.77. The van der Waals surface area contributed by atoms with Crippen molar-refractivity contribution in [2.24, 2.45) is 0 Å². The average Bonchev–Trinajstić information content (AvgIpc) is 2.66. The fourth-order valence-corrected chi connectivity index (χ4v) is 4.24. The van der Waals surface area contributed by atoms with E-state index in [9.17, 15) is 0 Å². The van der Waals surface area contributed by atoms with Gasteiger partial charge in [-0.1, -0.05) is 103 Å². The molecule has 0 aliphatic carbocycles. The van der Waals surface area contributed by atoms with Crippen molar-refractivity contribution in [3.63, 3.8) is 0 Å². The zero-order valence-electron chi connectivity index (χ0n) is 14.9. The van der Waals surface area contributed by atoms with E-state index in [1.165, 1.54) is 16.7 Å². The maximum Gasteiger partial charge on any atom is 0.372 e. The lowest BCUT2D eigenvalue weighted by Gasteiger charge is -2.07. The summed E-state index contributed by atoms with van der Waals surface area (Å²) >= 11 is 18.0. The standard InChI is InChI=1S/C23H19Cl3Si/c1-18-2-4-19(5-3-18)6-7-20-8-10-21(11-9-20)12-13-22-14-16-23(17-15-22)27(24,25)26/h2-17H,1H3. The minimum Gasteiger partial charge on any atom is -0.121 e. The molecule has 3 aromatic carbocycles. The van der Waals surface area contributed by atoms with Gasteiger partial charge in [-0.2, -0.15) is 0 Å². The van der Waals surface area contributed by atoms with Crippen molar-refractivity contribution in [3.8, 4) is 0 Å². The first-order chi connectivity index (χ1) is 12.9. The van der Waals surface area contributed by atoms with Crippen molar-refractivity contribution < 1.29 is 0 Å². The Labute approximate surface area is 175 Å². The summed E-state index contributed by atoms with van der Waals surface area (Å²) in [6.45, 7) is 2.09. The molecule has 3 aromatic rings. The summed E-state index contributed by atoms with van der Waals surface area (Å²) in [6.07, 6.45) is 8.38. The molecule has 4 heteroatoms. The smallest absolute Gasteiger partial charge is 0.121 e. The van der Waals surface area contributed by atoms with Crippen molar-refractivity contribution in [2.75, 3.05) is 0 Å². The fourth-order valence-electron chi connectivity index (χ4n) is 2.56. The quantitative estimate of drug-likeness (QED) is 0.228. The Kier molecular flexibility index (Phi) is 6.62. The van der Waals surface area contributed by atoms with Gasteiger partial charge in [-0.3, -0.25) is 0 Å².